The Morgan fingerprint density at radius 3 is 1.67 bits per heavy atom. The summed E-state index contributed by atoms with van der Waals surface area (Å²) >= 11 is 0. The quantitative estimate of drug-likeness (QED) is 0.0676. The Labute approximate surface area is 286 Å². The van der Waals surface area contributed by atoms with E-state index in [1.165, 1.54) is 44.1 Å². The molecular weight excluding hydrogens is 608 g/mol. The zero-order chi connectivity index (χ0) is 34.3. The molecule has 0 bridgehead atoms. The van der Waals surface area contributed by atoms with Crippen LogP contribution in [0.4, 0.5) is 0 Å². The summed E-state index contributed by atoms with van der Waals surface area (Å²) < 4.78 is 27.8. The number of hydrogen-bond acceptors (Lipinski definition) is 8. The van der Waals surface area contributed by atoms with Gasteiger partial charge >= 0.3 is 17.9 Å². The topological polar surface area (TPSA) is 97.4 Å². The smallest absolute Gasteiger partial charge is 0.338 e. The molecule has 1 saturated carbocycles. The van der Waals surface area contributed by atoms with Gasteiger partial charge in [-0.15, -0.1) is 0 Å². The molecule has 8 nitrogen and oxygen atoms in total. The third-order valence-electron chi connectivity index (χ3n) is 9.35. The van der Waals surface area contributed by atoms with E-state index in [0.29, 0.717) is 23.7 Å². The van der Waals surface area contributed by atoms with Gasteiger partial charge in [0.05, 0.1) is 19.8 Å². The predicted octanol–water partition coefficient (Wildman–Crippen LogP) is 8.78. The highest BCUT2D eigenvalue weighted by atomic mass is 16.8. The van der Waals surface area contributed by atoms with Crippen molar-refractivity contribution in [3.63, 3.8) is 0 Å². The van der Waals surface area contributed by atoms with Crippen LogP contribution in [0.5, 0.6) is 0 Å². The van der Waals surface area contributed by atoms with E-state index >= 15 is 0 Å². The number of carbonyl (C=O) groups excluding carboxylic acids is 3. The minimum atomic E-state index is -1.17. The molecule has 48 heavy (non-hydrogen) atoms. The molecule has 0 radical (unpaired) electrons. The van der Waals surface area contributed by atoms with Crippen molar-refractivity contribution in [3.05, 3.63) is 71.8 Å². The number of esters is 3. The van der Waals surface area contributed by atoms with Crippen LogP contribution in [0, 0.1) is 5.92 Å². The predicted molar refractivity (Wildman–Crippen MR) is 185 cm³/mol. The second-order valence-corrected chi connectivity index (χ2v) is 13.2. The molecular formula is C40H54O8. The van der Waals surface area contributed by atoms with Gasteiger partial charge in [-0.25, -0.2) is 14.4 Å². The van der Waals surface area contributed by atoms with Gasteiger partial charge in [-0.2, -0.15) is 0 Å². The second-order valence-electron chi connectivity index (χ2n) is 13.2. The van der Waals surface area contributed by atoms with Crippen LogP contribution < -0.4 is 0 Å². The van der Waals surface area contributed by atoms with Crippen LogP contribution >= 0.6 is 0 Å². The molecule has 0 aromatic heterocycles. The van der Waals surface area contributed by atoms with Crippen LogP contribution in [0.3, 0.4) is 0 Å². The lowest BCUT2D eigenvalue weighted by molar-refractivity contribution is -0.163. The molecule has 2 aliphatic rings. The molecule has 0 N–H and O–H groups in total. The molecule has 2 aromatic rings. The minimum absolute atomic E-state index is 0.269. The number of ether oxygens (including phenoxy) is 5. The number of hydrogen-bond donors (Lipinski definition) is 0. The fraction of sp³-hybridized carbons (Fsp3) is 0.575. The molecule has 2 fully saturated rings. The van der Waals surface area contributed by atoms with Gasteiger partial charge in [0.15, 0.2) is 18.5 Å². The van der Waals surface area contributed by atoms with Crippen molar-refractivity contribution >= 4 is 17.9 Å². The Morgan fingerprint density at radius 1 is 0.667 bits per heavy atom. The van der Waals surface area contributed by atoms with Gasteiger partial charge in [-0.05, 0) is 80.4 Å². The average Bonchev–Trinajstić information content (AvgIpc) is 3.56. The van der Waals surface area contributed by atoms with E-state index in [1.807, 2.05) is 38.1 Å². The number of benzene rings is 2. The molecule has 0 amide bonds. The summed E-state index contributed by atoms with van der Waals surface area (Å²) in [5.74, 6) is -0.125. The highest BCUT2D eigenvalue weighted by Gasteiger charge is 2.47. The summed E-state index contributed by atoms with van der Waals surface area (Å²) in [6.07, 6.45) is 9.42. The molecule has 2 atom stereocenters. The second kappa shape index (κ2) is 19.5. The summed E-state index contributed by atoms with van der Waals surface area (Å²) in [5.41, 5.74) is 4.75. The van der Waals surface area contributed by atoms with Gasteiger partial charge in [0, 0.05) is 11.1 Å². The molecule has 1 saturated heterocycles. The van der Waals surface area contributed by atoms with Crippen LogP contribution in [-0.4, -0.2) is 49.9 Å². The van der Waals surface area contributed by atoms with E-state index in [9.17, 15) is 14.4 Å². The maximum absolute atomic E-state index is 12.8. The first-order chi connectivity index (χ1) is 23.3. The fourth-order valence-electron chi connectivity index (χ4n) is 6.32. The third-order valence-corrected chi connectivity index (χ3v) is 9.35. The fourth-order valence-corrected chi connectivity index (χ4v) is 6.32. The normalized spacial score (nSPS) is 21.1. The van der Waals surface area contributed by atoms with Gasteiger partial charge < -0.3 is 23.7 Å². The van der Waals surface area contributed by atoms with E-state index in [1.54, 1.807) is 6.92 Å². The molecule has 262 valence electrons. The van der Waals surface area contributed by atoms with E-state index in [-0.39, 0.29) is 19.2 Å². The largest absolute Gasteiger partial charge is 0.464 e. The van der Waals surface area contributed by atoms with Crippen LogP contribution in [0.2, 0.25) is 0 Å². The maximum Gasteiger partial charge on any atom is 0.338 e. The standard InChI is InChI=1S/C40H54O8/c1-5-7-25-45-38(42)35-36(39(43)46-26-8-6-2)48-40(47-35)34-23-21-33(22-24-34)32-19-17-31(18-20-32)30-15-13-29(14-16-30)12-10-9-11-27-44-37(41)28(3)4/h17-24,29-30,35-36,40H,3,5-16,25-27H2,1-2,4H3/t29-,30-,35-,36-/m1/s1. The minimum Gasteiger partial charge on any atom is -0.464 e. The molecule has 1 aliphatic carbocycles. The summed E-state index contributed by atoms with van der Waals surface area (Å²) in [4.78, 5) is 37.1. The lowest BCUT2D eigenvalue weighted by Crippen LogP contribution is -2.39. The highest BCUT2D eigenvalue weighted by Crippen LogP contribution is 2.39. The van der Waals surface area contributed by atoms with Crippen LogP contribution in [0.25, 0.3) is 11.1 Å². The van der Waals surface area contributed by atoms with Crippen molar-refractivity contribution in [2.45, 2.75) is 122 Å². The van der Waals surface area contributed by atoms with E-state index < -0.39 is 30.4 Å². The van der Waals surface area contributed by atoms with Crippen LogP contribution in [0.15, 0.2) is 60.7 Å². The maximum atomic E-state index is 12.8. The molecule has 2 aromatic carbocycles. The van der Waals surface area contributed by atoms with E-state index in [2.05, 4.69) is 30.8 Å². The van der Waals surface area contributed by atoms with Crippen molar-refractivity contribution in [1.29, 1.82) is 0 Å². The lowest BCUT2D eigenvalue weighted by atomic mass is 9.77. The Hall–Kier alpha value is -3.49. The van der Waals surface area contributed by atoms with E-state index in [0.717, 1.165) is 55.6 Å². The zero-order valence-corrected chi connectivity index (χ0v) is 29.1. The summed E-state index contributed by atoms with van der Waals surface area (Å²) in [6.45, 7) is 10.3. The Kier molecular flexibility index (Phi) is 15.2. The first kappa shape index (κ1) is 37.3. The summed E-state index contributed by atoms with van der Waals surface area (Å²) in [6, 6.07) is 16.7. The molecule has 4 rings (SSSR count). The van der Waals surface area contributed by atoms with Gasteiger partial charge in [0.25, 0.3) is 0 Å². The number of unbranched alkanes of at least 4 members (excludes halogenated alkanes) is 4. The van der Waals surface area contributed by atoms with Crippen LogP contribution in [-0.2, 0) is 38.1 Å². The van der Waals surface area contributed by atoms with Gasteiger partial charge in [-0.1, -0.05) is 101 Å². The van der Waals surface area contributed by atoms with Gasteiger partial charge in [-0.3, -0.25) is 0 Å². The summed E-state index contributed by atoms with van der Waals surface area (Å²) in [7, 11) is 0. The van der Waals surface area contributed by atoms with Gasteiger partial charge in [0.1, 0.15) is 0 Å². The molecule has 1 aliphatic heterocycles. The van der Waals surface area contributed by atoms with Crippen molar-refractivity contribution in [1.82, 2.24) is 0 Å². The van der Waals surface area contributed by atoms with Crippen molar-refractivity contribution in [2.24, 2.45) is 5.92 Å². The highest BCUT2D eigenvalue weighted by molar-refractivity contribution is 5.87. The molecule has 0 unspecified atom stereocenters. The number of rotatable bonds is 18. The molecule has 1 heterocycles. The Bertz CT molecular complexity index is 1280. The van der Waals surface area contributed by atoms with E-state index in [4.69, 9.17) is 23.7 Å². The number of carbonyl (C=O) groups is 3. The van der Waals surface area contributed by atoms with Crippen molar-refractivity contribution in [2.75, 3.05) is 19.8 Å². The first-order valence-corrected chi connectivity index (χ1v) is 18.0. The van der Waals surface area contributed by atoms with Crippen molar-refractivity contribution < 1.29 is 38.1 Å². The average molecular weight is 663 g/mol. The lowest BCUT2D eigenvalue weighted by Gasteiger charge is -2.29. The zero-order valence-electron chi connectivity index (χ0n) is 29.1. The molecule has 8 heteroatoms. The van der Waals surface area contributed by atoms with Crippen molar-refractivity contribution in [3.8, 4) is 11.1 Å². The Morgan fingerprint density at radius 2 is 1.17 bits per heavy atom. The van der Waals surface area contributed by atoms with Crippen LogP contribution in [0.1, 0.15) is 121 Å². The first-order valence-electron chi connectivity index (χ1n) is 18.0. The third kappa shape index (κ3) is 11.0. The summed E-state index contributed by atoms with van der Waals surface area (Å²) in [5, 5.41) is 0. The van der Waals surface area contributed by atoms with Gasteiger partial charge in [0.2, 0.25) is 0 Å². The molecule has 0 spiro atoms. The Balaban J connectivity index is 1.26. The monoisotopic (exact) mass is 662 g/mol. The SMILES string of the molecule is C=C(C)C(=O)OCCCCC[C@H]1CC[C@H](c2ccc(-c3ccc(C4O[C@@H](C(=O)OCCCC)[C@H](C(=O)OCCCC)O4)cc3)cc2)CC1.